The van der Waals surface area contributed by atoms with Crippen LogP contribution in [0.15, 0.2) is 65.7 Å². The lowest BCUT2D eigenvalue weighted by molar-refractivity contribution is 0.102. The maximum atomic E-state index is 12.5. The number of nitrogens with zero attached hydrogens (tertiary/aromatic N) is 2. The minimum Gasteiger partial charge on any atom is -0.293 e. The molecule has 0 radical (unpaired) electrons. The number of fused-ring (bicyclic) bond motifs is 1. The second-order valence-electron chi connectivity index (χ2n) is 6.92. The summed E-state index contributed by atoms with van der Waals surface area (Å²) in [6, 6.07) is 21.7. The third kappa shape index (κ3) is 4.31. The zero-order valence-corrected chi connectivity index (χ0v) is 16.8. The van der Waals surface area contributed by atoms with Gasteiger partial charge in [-0.3, -0.25) is 4.79 Å². The number of hydrogen-bond donors (Lipinski definition) is 0. The predicted octanol–water partition coefficient (Wildman–Crippen LogP) is 5.59. The van der Waals surface area contributed by atoms with Crippen molar-refractivity contribution in [3.8, 4) is 6.07 Å². The fraction of sp³-hybridized carbons (Fsp3) is 0.160. The van der Waals surface area contributed by atoms with Crippen LogP contribution in [-0.4, -0.2) is 16.5 Å². The van der Waals surface area contributed by atoms with Crippen molar-refractivity contribution in [2.24, 2.45) is 0 Å². The van der Waals surface area contributed by atoms with Gasteiger partial charge in [0.25, 0.3) is 0 Å². The van der Waals surface area contributed by atoms with Gasteiger partial charge < -0.3 is 0 Å². The van der Waals surface area contributed by atoms with E-state index >= 15 is 0 Å². The molecule has 1 aromatic heterocycles. The molecule has 0 atom stereocenters. The van der Waals surface area contributed by atoms with Crippen LogP contribution in [0.3, 0.4) is 0 Å². The van der Waals surface area contributed by atoms with Gasteiger partial charge in [0, 0.05) is 11.3 Å². The van der Waals surface area contributed by atoms with Gasteiger partial charge in [0.2, 0.25) is 0 Å². The SMILES string of the molecule is N#Cc1c(SCC(=O)c2ccccc2)nc2c(c1/C=C\c1ccccc1)CCC2. The van der Waals surface area contributed by atoms with Crippen molar-refractivity contribution in [3.05, 3.63) is 94.2 Å². The third-order valence-corrected chi connectivity index (χ3v) is 6.00. The van der Waals surface area contributed by atoms with E-state index in [0.29, 0.717) is 16.2 Å². The molecule has 4 rings (SSSR count). The van der Waals surface area contributed by atoms with E-state index in [4.69, 9.17) is 4.98 Å². The number of carbonyl (C=O) groups is 1. The number of Topliss-reactive ketones (excluding diaryl/α,β-unsaturated/α-hetero) is 1. The molecule has 0 unspecified atom stereocenters. The predicted molar refractivity (Wildman–Crippen MR) is 118 cm³/mol. The maximum Gasteiger partial charge on any atom is 0.173 e. The van der Waals surface area contributed by atoms with Crippen LogP contribution in [0.2, 0.25) is 0 Å². The van der Waals surface area contributed by atoms with E-state index < -0.39 is 0 Å². The van der Waals surface area contributed by atoms with Gasteiger partial charge in [-0.2, -0.15) is 5.26 Å². The topological polar surface area (TPSA) is 53.8 Å². The lowest BCUT2D eigenvalue weighted by Gasteiger charge is -2.11. The molecule has 4 heteroatoms. The van der Waals surface area contributed by atoms with Crippen molar-refractivity contribution in [3.63, 3.8) is 0 Å². The highest BCUT2D eigenvalue weighted by molar-refractivity contribution is 8.00. The molecule has 3 nitrogen and oxygen atoms in total. The van der Waals surface area contributed by atoms with Crippen molar-refractivity contribution in [1.29, 1.82) is 5.26 Å². The van der Waals surface area contributed by atoms with Gasteiger partial charge in [-0.25, -0.2) is 4.98 Å². The molecule has 1 aliphatic rings. The Morgan fingerprint density at radius 2 is 1.76 bits per heavy atom. The molecule has 0 saturated carbocycles. The van der Waals surface area contributed by atoms with Crippen molar-refractivity contribution >= 4 is 29.7 Å². The van der Waals surface area contributed by atoms with Crippen LogP contribution in [0.4, 0.5) is 0 Å². The van der Waals surface area contributed by atoms with E-state index in [1.807, 2.05) is 72.8 Å². The zero-order valence-electron chi connectivity index (χ0n) is 16.0. The van der Waals surface area contributed by atoms with Crippen molar-refractivity contribution in [1.82, 2.24) is 4.98 Å². The molecule has 0 N–H and O–H groups in total. The van der Waals surface area contributed by atoms with Crippen molar-refractivity contribution in [2.45, 2.75) is 24.3 Å². The standard InChI is InChI=1S/C25H20N2OS/c26-16-22-20(15-14-18-8-3-1-4-9-18)21-12-7-13-23(21)27-25(22)29-17-24(28)19-10-5-2-6-11-19/h1-6,8-11,14-15H,7,12-13,17H2/b15-14-. The molecule has 0 fully saturated rings. The lowest BCUT2D eigenvalue weighted by Crippen LogP contribution is -2.05. The number of rotatable bonds is 6. The number of aryl methyl sites for hydroxylation is 1. The van der Waals surface area contributed by atoms with Crippen LogP contribution in [0.1, 0.15) is 44.7 Å². The molecule has 2 aromatic carbocycles. The van der Waals surface area contributed by atoms with Gasteiger partial charge in [-0.1, -0.05) is 84.6 Å². The van der Waals surface area contributed by atoms with Gasteiger partial charge >= 0.3 is 0 Å². The third-order valence-electron chi connectivity index (χ3n) is 5.02. The van der Waals surface area contributed by atoms with Gasteiger partial charge in [-0.15, -0.1) is 0 Å². The van der Waals surface area contributed by atoms with E-state index in [1.54, 1.807) is 0 Å². The van der Waals surface area contributed by atoms with Crippen molar-refractivity contribution in [2.75, 3.05) is 5.75 Å². The summed E-state index contributed by atoms with van der Waals surface area (Å²) in [5, 5.41) is 10.5. The smallest absolute Gasteiger partial charge is 0.173 e. The number of carbonyl (C=O) groups excluding carboxylic acids is 1. The zero-order chi connectivity index (χ0) is 20.1. The summed E-state index contributed by atoms with van der Waals surface area (Å²) in [6.45, 7) is 0. The summed E-state index contributed by atoms with van der Waals surface area (Å²) in [4.78, 5) is 17.3. The van der Waals surface area contributed by atoms with Crippen LogP contribution in [0.25, 0.3) is 12.2 Å². The van der Waals surface area contributed by atoms with Crippen molar-refractivity contribution < 1.29 is 4.79 Å². The Hall–Kier alpha value is -3.16. The minimum absolute atomic E-state index is 0.0446. The van der Waals surface area contributed by atoms with Gasteiger partial charge in [-0.05, 0) is 36.0 Å². The summed E-state index contributed by atoms with van der Waals surface area (Å²) in [7, 11) is 0. The van der Waals surface area contributed by atoms with E-state index in [2.05, 4.69) is 6.07 Å². The van der Waals surface area contributed by atoms with Gasteiger partial charge in [0.1, 0.15) is 11.1 Å². The average molecular weight is 397 g/mol. The molecule has 1 heterocycles. The molecular weight excluding hydrogens is 376 g/mol. The van der Waals surface area contributed by atoms with E-state index in [0.717, 1.165) is 36.1 Å². The summed E-state index contributed by atoms with van der Waals surface area (Å²) in [5.74, 6) is 0.315. The first kappa shape index (κ1) is 19.2. The largest absolute Gasteiger partial charge is 0.293 e. The Kier molecular flexibility index (Phi) is 5.88. The molecular formula is C25H20N2OS. The normalized spacial score (nSPS) is 12.7. The minimum atomic E-state index is 0.0446. The quantitative estimate of drug-likeness (QED) is 0.403. The first-order chi connectivity index (χ1) is 14.3. The first-order valence-corrected chi connectivity index (χ1v) is 10.6. The number of nitriles is 1. The van der Waals surface area contributed by atoms with E-state index in [1.165, 1.54) is 17.3 Å². The van der Waals surface area contributed by atoms with Crippen LogP contribution < -0.4 is 0 Å². The number of ketones is 1. The summed E-state index contributed by atoms with van der Waals surface area (Å²) in [5.41, 5.74) is 5.54. The maximum absolute atomic E-state index is 12.5. The highest BCUT2D eigenvalue weighted by Crippen LogP contribution is 2.33. The number of aromatic nitrogens is 1. The molecule has 3 aromatic rings. The fourth-order valence-electron chi connectivity index (χ4n) is 3.57. The summed E-state index contributed by atoms with van der Waals surface area (Å²) >= 11 is 1.36. The molecule has 29 heavy (non-hydrogen) atoms. The monoisotopic (exact) mass is 396 g/mol. The van der Waals surface area contributed by atoms with E-state index in [9.17, 15) is 10.1 Å². The fourth-order valence-corrected chi connectivity index (χ4v) is 4.48. The molecule has 0 bridgehead atoms. The van der Waals surface area contributed by atoms with E-state index in [-0.39, 0.29) is 11.5 Å². The Balaban J connectivity index is 1.65. The Morgan fingerprint density at radius 3 is 2.48 bits per heavy atom. The number of benzene rings is 2. The van der Waals surface area contributed by atoms with Crippen LogP contribution in [-0.2, 0) is 12.8 Å². The number of thioether (sulfide) groups is 1. The Morgan fingerprint density at radius 1 is 1.03 bits per heavy atom. The second kappa shape index (κ2) is 8.89. The van der Waals surface area contributed by atoms with Crippen LogP contribution >= 0.6 is 11.8 Å². The Labute approximate surface area is 175 Å². The number of hydrogen-bond acceptors (Lipinski definition) is 4. The first-order valence-electron chi connectivity index (χ1n) is 9.66. The summed E-state index contributed by atoms with van der Waals surface area (Å²) < 4.78 is 0. The molecule has 0 spiro atoms. The van der Waals surface area contributed by atoms with Crippen LogP contribution in [0, 0.1) is 11.3 Å². The Bertz CT molecular complexity index is 1100. The second-order valence-corrected chi connectivity index (χ2v) is 7.88. The average Bonchev–Trinajstić information content (AvgIpc) is 3.25. The van der Waals surface area contributed by atoms with Gasteiger partial charge in [0.05, 0.1) is 11.3 Å². The molecule has 142 valence electrons. The molecule has 0 aliphatic heterocycles. The molecule has 0 amide bonds. The lowest BCUT2D eigenvalue weighted by atomic mass is 10.0. The number of pyridine rings is 1. The van der Waals surface area contributed by atoms with Gasteiger partial charge in [0.15, 0.2) is 5.78 Å². The molecule has 1 aliphatic carbocycles. The molecule has 0 saturated heterocycles. The highest BCUT2D eigenvalue weighted by atomic mass is 32.2. The highest BCUT2D eigenvalue weighted by Gasteiger charge is 2.22. The summed E-state index contributed by atoms with van der Waals surface area (Å²) in [6.07, 6.45) is 6.99. The van der Waals surface area contributed by atoms with Crippen LogP contribution in [0.5, 0.6) is 0 Å².